The van der Waals surface area contributed by atoms with Crippen molar-refractivity contribution >= 4 is 23.2 Å². The third kappa shape index (κ3) is 2.30. The van der Waals surface area contributed by atoms with Crippen LogP contribution in [0.5, 0.6) is 0 Å². The van der Waals surface area contributed by atoms with Gasteiger partial charge >= 0.3 is 0 Å². The van der Waals surface area contributed by atoms with Crippen LogP contribution in [0.3, 0.4) is 0 Å². The fraction of sp³-hybridized carbons (Fsp3) is 0. The molecule has 0 aliphatic carbocycles. The van der Waals surface area contributed by atoms with E-state index in [2.05, 4.69) is 10.2 Å². The molecule has 0 saturated carbocycles. The largest absolute Gasteiger partial charge is 0.384 e. The number of benzene rings is 1. The second-order valence-electron chi connectivity index (χ2n) is 3.95. The topological polar surface area (TPSA) is 80.1 Å². The first-order chi connectivity index (χ1) is 9.24. The third-order valence-electron chi connectivity index (χ3n) is 2.66. The van der Waals surface area contributed by atoms with Crippen molar-refractivity contribution in [3.05, 3.63) is 54.2 Å². The minimum atomic E-state index is 0.0736. The molecule has 0 amide bonds. The Labute approximate surface area is 114 Å². The quantitative estimate of drug-likeness (QED) is 0.564. The SMILES string of the molecule is N=C(N)c1ccc(Sc2nnc3ccccn23)cc1. The van der Waals surface area contributed by atoms with Gasteiger partial charge in [0.25, 0.3) is 0 Å². The van der Waals surface area contributed by atoms with Gasteiger partial charge in [-0.3, -0.25) is 9.81 Å². The monoisotopic (exact) mass is 269 g/mol. The molecule has 1 aromatic carbocycles. The lowest BCUT2D eigenvalue weighted by Gasteiger charge is -2.01. The highest BCUT2D eigenvalue weighted by atomic mass is 32.2. The lowest BCUT2D eigenvalue weighted by molar-refractivity contribution is 0.921. The molecule has 3 aromatic rings. The maximum Gasteiger partial charge on any atom is 0.200 e. The summed E-state index contributed by atoms with van der Waals surface area (Å²) >= 11 is 1.52. The molecule has 94 valence electrons. The standard InChI is InChI=1S/C13H11N5S/c14-12(15)9-4-6-10(7-5-9)19-13-17-16-11-3-1-2-8-18(11)13/h1-8H,(H3,14,15). The van der Waals surface area contributed by atoms with Crippen LogP contribution in [0.1, 0.15) is 5.56 Å². The summed E-state index contributed by atoms with van der Waals surface area (Å²) < 4.78 is 1.93. The van der Waals surface area contributed by atoms with Crippen molar-refractivity contribution in [2.24, 2.45) is 5.73 Å². The summed E-state index contributed by atoms with van der Waals surface area (Å²) in [5.74, 6) is 0.0736. The molecular formula is C13H11N5S. The van der Waals surface area contributed by atoms with E-state index >= 15 is 0 Å². The van der Waals surface area contributed by atoms with Gasteiger partial charge < -0.3 is 5.73 Å². The van der Waals surface area contributed by atoms with Gasteiger partial charge in [0.15, 0.2) is 10.8 Å². The molecule has 2 aromatic heterocycles. The summed E-state index contributed by atoms with van der Waals surface area (Å²) in [5.41, 5.74) is 6.97. The molecule has 3 rings (SSSR count). The van der Waals surface area contributed by atoms with Gasteiger partial charge in [-0.2, -0.15) is 0 Å². The minimum absolute atomic E-state index is 0.0736. The number of hydrogen-bond acceptors (Lipinski definition) is 4. The zero-order chi connectivity index (χ0) is 13.2. The molecular weight excluding hydrogens is 258 g/mol. The van der Waals surface area contributed by atoms with Gasteiger partial charge in [0.2, 0.25) is 0 Å². The number of nitrogens with one attached hydrogen (secondary N) is 1. The number of nitrogens with zero attached hydrogens (tertiary/aromatic N) is 3. The maximum absolute atomic E-state index is 7.35. The fourth-order valence-electron chi connectivity index (χ4n) is 1.70. The number of fused-ring (bicyclic) bond motifs is 1. The van der Waals surface area contributed by atoms with E-state index in [9.17, 15) is 0 Å². The second kappa shape index (κ2) is 4.74. The van der Waals surface area contributed by atoms with Crippen LogP contribution in [0, 0.1) is 5.41 Å². The third-order valence-corrected chi connectivity index (χ3v) is 3.63. The highest BCUT2D eigenvalue weighted by molar-refractivity contribution is 7.99. The van der Waals surface area contributed by atoms with Crippen molar-refractivity contribution in [2.45, 2.75) is 10.1 Å². The predicted octanol–water partition coefficient (Wildman–Crippen LogP) is 2.16. The Kier molecular flexibility index (Phi) is 2.92. The highest BCUT2D eigenvalue weighted by Gasteiger charge is 2.06. The number of amidine groups is 1. The molecule has 0 bridgehead atoms. The van der Waals surface area contributed by atoms with E-state index in [4.69, 9.17) is 11.1 Å². The minimum Gasteiger partial charge on any atom is -0.384 e. The Morgan fingerprint density at radius 1 is 1.11 bits per heavy atom. The average molecular weight is 269 g/mol. The molecule has 0 fully saturated rings. The molecule has 0 atom stereocenters. The smallest absolute Gasteiger partial charge is 0.200 e. The summed E-state index contributed by atoms with van der Waals surface area (Å²) in [5, 5.41) is 16.4. The maximum atomic E-state index is 7.35. The van der Waals surface area contributed by atoms with Gasteiger partial charge in [-0.1, -0.05) is 18.2 Å². The second-order valence-corrected chi connectivity index (χ2v) is 4.99. The van der Waals surface area contributed by atoms with E-state index in [1.165, 1.54) is 11.8 Å². The van der Waals surface area contributed by atoms with Crippen LogP contribution in [-0.2, 0) is 0 Å². The Bertz CT molecular complexity index is 732. The van der Waals surface area contributed by atoms with Crippen LogP contribution in [0.4, 0.5) is 0 Å². The Morgan fingerprint density at radius 2 is 1.89 bits per heavy atom. The van der Waals surface area contributed by atoms with E-state index in [0.717, 1.165) is 21.3 Å². The number of hydrogen-bond donors (Lipinski definition) is 2. The van der Waals surface area contributed by atoms with E-state index in [1.807, 2.05) is 53.1 Å². The molecule has 6 heteroatoms. The molecule has 0 spiro atoms. The molecule has 5 nitrogen and oxygen atoms in total. The molecule has 0 unspecified atom stereocenters. The lowest BCUT2D eigenvalue weighted by atomic mass is 10.2. The van der Waals surface area contributed by atoms with Crippen LogP contribution in [0.2, 0.25) is 0 Å². The van der Waals surface area contributed by atoms with Crippen LogP contribution in [0.15, 0.2) is 58.7 Å². The normalized spacial score (nSPS) is 10.7. The van der Waals surface area contributed by atoms with Gasteiger partial charge in [0.05, 0.1) is 0 Å². The Hall–Kier alpha value is -2.34. The summed E-state index contributed by atoms with van der Waals surface area (Å²) in [6.07, 6.45) is 1.93. The molecule has 0 saturated heterocycles. The zero-order valence-corrected chi connectivity index (χ0v) is 10.8. The van der Waals surface area contributed by atoms with Crippen molar-refractivity contribution in [2.75, 3.05) is 0 Å². The molecule has 2 heterocycles. The van der Waals surface area contributed by atoms with Crippen LogP contribution >= 0.6 is 11.8 Å². The van der Waals surface area contributed by atoms with Gasteiger partial charge in [-0.15, -0.1) is 10.2 Å². The first kappa shape index (κ1) is 11.7. The number of nitrogen functional groups attached to an aromatic ring is 1. The number of pyridine rings is 1. The Balaban J connectivity index is 1.90. The van der Waals surface area contributed by atoms with Crippen LogP contribution in [0.25, 0.3) is 5.65 Å². The van der Waals surface area contributed by atoms with Crippen LogP contribution < -0.4 is 5.73 Å². The van der Waals surface area contributed by atoms with Gasteiger partial charge in [-0.25, -0.2) is 0 Å². The molecule has 3 N–H and O–H groups in total. The summed E-state index contributed by atoms with van der Waals surface area (Å²) in [6, 6.07) is 13.3. The summed E-state index contributed by atoms with van der Waals surface area (Å²) in [4.78, 5) is 1.03. The molecule has 19 heavy (non-hydrogen) atoms. The predicted molar refractivity (Wildman–Crippen MR) is 74.6 cm³/mol. The fourth-order valence-corrected chi connectivity index (χ4v) is 2.51. The van der Waals surface area contributed by atoms with E-state index in [-0.39, 0.29) is 5.84 Å². The highest BCUT2D eigenvalue weighted by Crippen LogP contribution is 2.26. The van der Waals surface area contributed by atoms with Gasteiger partial charge in [0.1, 0.15) is 5.84 Å². The van der Waals surface area contributed by atoms with Crippen molar-refractivity contribution in [1.29, 1.82) is 5.41 Å². The zero-order valence-electron chi connectivity index (χ0n) is 9.95. The van der Waals surface area contributed by atoms with Crippen molar-refractivity contribution < 1.29 is 0 Å². The van der Waals surface area contributed by atoms with Crippen molar-refractivity contribution in [3.63, 3.8) is 0 Å². The summed E-state index contributed by atoms with van der Waals surface area (Å²) in [6.45, 7) is 0. The first-order valence-corrected chi connectivity index (χ1v) is 6.48. The van der Waals surface area contributed by atoms with Crippen molar-refractivity contribution in [3.8, 4) is 0 Å². The summed E-state index contributed by atoms with van der Waals surface area (Å²) in [7, 11) is 0. The van der Waals surface area contributed by atoms with E-state index in [0.29, 0.717) is 0 Å². The van der Waals surface area contributed by atoms with E-state index in [1.54, 1.807) is 0 Å². The van der Waals surface area contributed by atoms with Crippen LogP contribution in [-0.4, -0.2) is 20.4 Å². The van der Waals surface area contributed by atoms with Gasteiger partial charge in [-0.05, 0) is 36.0 Å². The van der Waals surface area contributed by atoms with E-state index < -0.39 is 0 Å². The average Bonchev–Trinajstić information content (AvgIpc) is 2.83. The van der Waals surface area contributed by atoms with Gasteiger partial charge in [0, 0.05) is 16.7 Å². The first-order valence-electron chi connectivity index (χ1n) is 5.66. The molecule has 0 aliphatic heterocycles. The number of nitrogens with two attached hydrogens (primary N) is 1. The molecule has 0 radical (unpaired) electrons. The lowest BCUT2D eigenvalue weighted by Crippen LogP contribution is -2.10. The number of aromatic nitrogens is 3. The Morgan fingerprint density at radius 3 is 2.63 bits per heavy atom. The molecule has 0 aliphatic rings. The number of rotatable bonds is 3. The van der Waals surface area contributed by atoms with Crippen molar-refractivity contribution in [1.82, 2.24) is 14.6 Å².